The normalized spacial score (nSPS) is 36.1. The number of hydrogen-bond donors (Lipinski definition) is 5. The number of carboxylic acid groups (broad SMARTS) is 1. The molecule has 0 radical (unpaired) electrons. The zero-order chi connectivity index (χ0) is 50.4. The molecule has 8 aliphatic rings. The number of aromatic amines is 2. The highest BCUT2D eigenvalue weighted by atomic mass is 35.5. The van der Waals surface area contributed by atoms with Gasteiger partial charge in [0.05, 0.1) is 22.1 Å². The van der Waals surface area contributed by atoms with Crippen molar-refractivity contribution in [2.24, 2.45) is 69.0 Å². The molecule has 71 heavy (non-hydrogen) atoms. The van der Waals surface area contributed by atoms with Gasteiger partial charge in [-0.3, -0.25) is 24.5 Å². The molecule has 2 aliphatic heterocycles. The molecule has 4 aromatic rings. The van der Waals surface area contributed by atoms with Crippen LogP contribution in [-0.4, -0.2) is 72.6 Å². The van der Waals surface area contributed by atoms with E-state index in [2.05, 4.69) is 52.9 Å². The van der Waals surface area contributed by atoms with E-state index in [1.165, 1.54) is 0 Å². The van der Waals surface area contributed by atoms with Gasteiger partial charge >= 0.3 is 5.97 Å². The Kier molecular flexibility index (Phi) is 13.0. The Morgan fingerprint density at radius 1 is 0.676 bits per heavy atom. The van der Waals surface area contributed by atoms with Crippen LogP contribution in [0.5, 0.6) is 0 Å². The first-order valence-electron chi connectivity index (χ1n) is 26.2. The lowest BCUT2D eigenvalue weighted by Crippen LogP contribution is -2.54. The lowest BCUT2D eigenvalue weighted by atomic mass is 9.49. The fourth-order valence-corrected chi connectivity index (χ4v) is 17.9. The second-order valence-corrected chi connectivity index (χ2v) is 24.6. The van der Waals surface area contributed by atoms with E-state index in [0.29, 0.717) is 84.9 Å². The summed E-state index contributed by atoms with van der Waals surface area (Å²) in [5, 5.41) is 14.1. The Morgan fingerprint density at radius 2 is 1.14 bits per heavy atom. The third kappa shape index (κ3) is 8.46. The molecule has 4 heterocycles. The first-order valence-corrected chi connectivity index (χ1v) is 27.0. The summed E-state index contributed by atoms with van der Waals surface area (Å²) in [6.45, 7) is 9.42. The van der Waals surface area contributed by atoms with Gasteiger partial charge < -0.3 is 30.6 Å². The number of fused-ring (bicyclic) bond motifs is 12. The number of piperidine rings is 2. The van der Waals surface area contributed by atoms with E-state index < -0.39 is 5.97 Å². The van der Waals surface area contributed by atoms with E-state index in [1.54, 1.807) is 0 Å². The number of nitrogens with two attached hydrogens (primary N) is 1. The van der Waals surface area contributed by atoms with Gasteiger partial charge in [0.1, 0.15) is 0 Å². The second kappa shape index (κ2) is 18.6. The summed E-state index contributed by atoms with van der Waals surface area (Å²) < 4.78 is 0. The zero-order valence-electron chi connectivity index (χ0n) is 42.3. The average Bonchev–Trinajstić information content (AvgIpc) is 4.08. The third-order valence-electron chi connectivity index (χ3n) is 20.4. The summed E-state index contributed by atoms with van der Waals surface area (Å²) in [6, 6.07) is 15.6. The summed E-state index contributed by atoms with van der Waals surface area (Å²) in [5.74, 6) is 4.68. The highest BCUT2D eigenvalue weighted by Crippen LogP contribution is 2.69. The van der Waals surface area contributed by atoms with Crippen molar-refractivity contribution in [2.75, 3.05) is 25.1 Å². The van der Waals surface area contributed by atoms with Crippen LogP contribution in [0.15, 0.2) is 70.0 Å². The smallest absolute Gasteiger partial charge is 0.303 e. The first kappa shape index (κ1) is 49.7. The largest absolute Gasteiger partial charge is 0.481 e. The number of para-hydroxylation sites is 4. The highest BCUT2D eigenvalue weighted by molar-refractivity contribution is 6.30. The summed E-state index contributed by atoms with van der Waals surface area (Å²) in [4.78, 5) is 67.4. The fraction of sp³-hybridized carbons (Fsp3) is 0.607. The molecule has 4 saturated carbocycles. The van der Waals surface area contributed by atoms with Crippen molar-refractivity contribution in [1.29, 1.82) is 0 Å². The predicted molar refractivity (Wildman–Crippen MR) is 278 cm³/mol. The number of carbonyl (C=O) groups excluding carboxylic acids is 3. The van der Waals surface area contributed by atoms with Crippen LogP contribution in [0.2, 0.25) is 0 Å². The lowest BCUT2D eigenvalue weighted by molar-refractivity contribution is -0.140. The molecule has 6 aliphatic carbocycles. The van der Waals surface area contributed by atoms with Crippen molar-refractivity contribution < 1.29 is 24.3 Å². The number of amides is 3. The van der Waals surface area contributed by atoms with Crippen molar-refractivity contribution in [1.82, 2.24) is 29.7 Å². The SMILES string of the molecule is CN1C(=O)CC[C@@]2(C)C1=C(Cl)CC1C2CC[C@@]2(C)C1CC[C@@H]2CC(=O)Nc1nc2ccccc2[nH]1.CN1C(=O)CC[C@@]2(C)C1=C(Cl)CC1C2CC[C@@]2(C)C1CC[C@@H]2CC(=O)O.Nc1nc2ccccc2[nH]1. The minimum Gasteiger partial charge on any atom is -0.481 e. The molecule has 12 atom stereocenters. The van der Waals surface area contributed by atoms with Crippen molar-refractivity contribution in [3.63, 3.8) is 0 Å². The molecule has 6 fully saturated rings. The number of nitrogens with one attached hydrogen (secondary N) is 3. The number of rotatable bonds is 5. The molecule has 380 valence electrons. The quantitative estimate of drug-likeness (QED) is 0.130. The second-order valence-electron chi connectivity index (χ2n) is 23.6. The number of aliphatic carboxylic acids is 1. The minimum absolute atomic E-state index is 0.0190. The number of H-pyrrole nitrogens is 2. The van der Waals surface area contributed by atoms with Crippen LogP contribution in [-0.2, 0) is 19.2 Å². The van der Waals surface area contributed by atoms with Crippen molar-refractivity contribution in [3.8, 4) is 0 Å². The van der Waals surface area contributed by atoms with Crippen LogP contribution in [0.25, 0.3) is 22.1 Å². The maximum absolute atomic E-state index is 13.1. The molecule has 13 nitrogen and oxygen atoms in total. The van der Waals surface area contributed by atoms with Crippen LogP contribution in [0.3, 0.4) is 0 Å². The van der Waals surface area contributed by atoms with Crippen molar-refractivity contribution in [3.05, 3.63) is 70.0 Å². The van der Waals surface area contributed by atoms with Crippen molar-refractivity contribution >= 4 is 80.9 Å². The van der Waals surface area contributed by atoms with Gasteiger partial charge in [-0.05, 0) is 159 Å². The predicted octanol–water partition coefficient (Wildman–Crippen LogP) is 11.8. The van der Waals surface area contributed by atoms with E-state index in [0.717, 1.165) is 121 Å². The van der Waals surface area contributed by atoms with Gasteiger partial charge in [-0.15, -0.1) is 0 Å². The number of allylic oxidation sites excluding steroid dienone is 4. The van der Waals surface area contributed by atoms with E-state index in [4.69, 9.17) is 28.9 Å². The Labute approximate surface area is 427 Å². The summed E-state index contributed by atoms with van der Waals surface area (Å²) in [6.07, 6.45) is 14.5. The van der Waals surface area contributed by atoms with Gasteiger partial charge in [-0.2, -0.15) is 0 Å². The molecule has 0 spiro atoms. The molecule has 12 rings (SSSR count). The van der Waals surface area contributed by atoms with Crippen LogP contribution >= 0.6 is 23.2 Å². The molecule has 2 saturated heterocycles. The van der Waals surface area contributed by atoms with Crippen LogP contribution in [0.4, 0.5) is 11.9 Å². The fourth-order valence-electron chi connectivity index (χ4n) is 16.9. The number of imidazole rings is 2. The zero-order valence-corrected chi connectivity index (χ0v) is 43.8. The van der Waals surface area contributed by atoms with Gasteiger partial charge in [0, 0.05) is 72.1 Å². The molecule has 6 unspecified atom stereocenters. The third-order valence-corrected chi connectivity index (χ3v) is 21.0. The van der Waals surface area contributed by atoms with Crippen LogP contribution in [0.1, 0.15) is 130 Å². The number of anilines is 2. The van der Waals surface area contributed by atoms with Crippen LogP contribution < -0.4 is 11.1 Å². The maximum atomic E-state index is 13.1. The number of carboxylic acids is 1. The van der Waals surface area contributed by atoms with Gasteiger partial charge in [0.2, 0.25) is 23.7 Å². The molecular formula is C56H72Cl2N8O5. The Hall–Kier alpha value is -4.88. The number of benzene rings is 2. The Bertz CT molecular complexity index is 2770. The number of hydrogen-bond acceptors (Lipinski definition) is 7. The van der Waals surface area contributed by atoms with Gasteiger partial charge in [-0.1, -0.05) is 75.2 Å². The summed E-state index contributed by atoms with van der Waals surface area (Å²) in [7, 11) is 3.78. The molecule has 15 heteroatoms. The highest BCUT2D eigenvalue weighted by Gasteiger charge is 2.62. The van der Waals surface area contributed by atoms with E-state index in [1.807, 2.05) is 72.4 Å². The number of halogens is 2. The van der Waals surface area contributed by atoms with Crippen LogP contribution in [0, 0.1) is 69.0 Å². The summed E-state index contributed by atoms with van der Waals surface area (Å²) >= 11 is 13.8. The molecular weight excluding hydrogens is 936 g/mol. The Balaban J connectivity index is 0.000000141. The van der Waals surface area contributed by atoms with E-state index in [-0.39, 0.29) is 39.4 Å². The topological polar surface area (TPSA) is 190 Å². The molecule has 2 aromatic carbocycles. The first-order chi connectivity index (χ1) is 33.7. The number of nitrogen functional groups attached to an aromatic ring is 1. The molecule has 6 N–H and O–H groups in total. The Morgan fingerprint density at radius 3 is 1.62 bits per heavy atom. The number of aromatic nitrogens is 4. The number of carbonyl (C=O) groups is 4. The average molecular weight is 1010 g/mol. The monoisotopic (exact) mass is 1010 g/mol. The molecule has 3 amide bonds. The number of nitrogens with zero attached hydrogens (tertiary/aromatic N) is 4. The van der Waals surface area contributed by atoms with Gasteiger partial charge in [-0.25, -0.2) is 9.97 Å². The van der Waals surface area contributed by atoms with Gasteiger partial charge in [0.15, 0.2) is 5.95 Å². The minimum atomic E-state index is -0.665. The molecule has 0 bridgehead atoms. The van der Waals surface area contributed by atoms with E-state index in [9.17, 15) is 24.3 Å². The summed E-state index contributed by atoms with van der Waals surface area (Å²) in [5.41, 5.74) is 11.5. The maximum Gasteiger partial charge on any atom is 0.303 e. The lowest BCUT2D eigenvalue weighted by Gasteiger charge is -2.59. The number of likely N-dealkylation sites (tertiary alicyclic amines) is 2. The standard InChI is InChI=1S/C28H35ClN4O2.C21H30ClNO3.C7H7N3/c1-27-12-10-19-17(15-20(29)25-28(19,2)13-11-24(35)33(25)3)18(27)9-8-16(27)14-23(34)32-26-30-21-6-4-5-7-22(21)31-26;1-20-8-6-15-13(14(20)5-4-12(20)10-18(25)26)11-16(22)19-21(15,2)9-7-17(24)23(19)3;8-7-9-5-3-1-2-4-6(5)10-7/h4-7,16-19H,8-15H2,1-3H3,(H2,30,31,32,34);12-15H,4-11H2,1-3H3,(H,25,26);1-4H,(H3,8,9,10)/t16-,17?,18?,19?,27-,28-;12-,13?,14?,15?,20-,21-;/m11./s1. The van der Waals surface area contributed by atoms with Crippen molar-refractivity contribution in [2.45, 2.75) is 130 Å². The van der Waals surface area contributed by atoms with Gasteiger partial charge in [0.25, 0.3) is 0 Å². The van der Waals surface area contributed by atoms with E-state index >= 15 is 0 Å². The molecule has 2 aromatic heterocycles.